The average Bonchev–Trinajstić information content (AvgIpc) is 2.47. The molecule has 1 fully saturated rings. The summed E-state index contributed by atoms with van der Waals surface area (Å²) in [5, 5.41) is 1.90. The number of anilines is 1. The molecule has 2 unspecified atom stereocenters. The highest BCUT2D eigenvalue weighted by atomic mass is 35.5. The quantitative estimate of drug-likeness (QED) is 0.921. The zero-order chi connectivity index (χ0) is 14.1. The van der Waals surface area contributed by atoms with Crippen LogP contribution < -0.4 is 10.6 Å². The van der Waals surface area contributed by atoms with Crippen LogP contribution in [-0.4, -0.2) is 24.1 Å². The summed E-state index contributed by atoms with van der Waals surface area (Å²) in [5.74, 6) is 0.569. The molecule has 4 heteroatoms. The maximum absolute atomic E-state index is 6.21. The van der Waals surface area contributed by atoms with Crippen molar-refractivity contribution in [2.75, 3.05) is 18.0 Å². The van der Waals surface area contributed by atoms with Crippen molar-refractivity contribution in [3.63, 3.8) is 0 Å². The Balaban J connectivity index is 1.98. The van der Waals surface area contributed by atoms with E-state index in [1.54, 1.807) is 0 Å². The molecule has 1 aliphatic heterocycles. The minimum Gasteiger partial charge on any atom is -0.371 e. The van der Waals surface area contributed by atoms with Gasteiger partial charge in [0.2, 0.25) is 0 Å². The molecule has 2 atom stereocenters. The molecule has 20 heavy (non-hydrogen) atoms. The molecular weight excluding hydrogens is 270 g/mol. The van der Waals surface area contributed by atoms with Crippen molar-refractivity contribution in [3.05, 3.63) is 35.5 Å². The van der Waals surface area contributed by atoms with Crippen LogP contribution in [0.4, 0.5) is 5.69 Å². The Bertz CT molecular complexity index is 614. The maximum Gasteiger partial charge on any atom is 0.0737 e. The van der Waals surface area contributed by atoms with Gasteiger partial charge in [0.25, 0.3) is 0 Å². The Morgan fingerprint density at radius 3 is 3.05 bits per heavy atom. The van der Waals surface area contributed by atoms with Crippen LogP contribution in [0.15, 0.2) is 30.5 Å². The standard InChI is InChI=1S/C16H20ClN3/c1-2-11-10-20(8-6-14(11)18)16-5-7-19-15-9-12(17)3-4-13(15)16/h3-5,7,9,11,14H,2,6,8,10,18H2,1H3. The van der Waals surface area contributed by atoms with Gasteiger partial charge in [-0.2, -0.15) is 0 Å². The Morgan fingerprint density at radius 1 is 1.40 bits per heavy atom. The number of halogens is 1. The van der Waals surface area contributed by atoms with Crippen LogP contribution in [-0.2, 0) is 0 Å². The number of hydrogen-bond acceptors (Lipinski definition) is 3. The molecule has 1 aromatic carbocycles. The summed E-state index contributed by atoms with van der Waals surface area (Å²) >= 11 is 6.05. The Hall–Kier alpha value is -1.32. The molecule has 1 saturated heterocycles. The first kappa shape index (κ1) is 13.7. The minimum atomic E-state index is 0.332. The topological polar surface area (TPSA) is 42.2 Å². The smallest absolute Gasteiger partial charge is 0.0737 e. The van der Waals surface area contributed by atoms with Gasteiger partial charge in [-0.1, -0.05) is 24.9 Å². The first-order valence-electron chi connectivity index (χ1n) is 7.24. The van der Waals surface area contributed by atoms with Gasteiger partial charge in [-0.25, -0.2) is 0 Å². The van der Waals surface area contributed by atoms with Gasteiger partial charge in [-0.3, -0.25) is 4.98 Å². The fourth-order valence-electron chi connectivity index (χ4n) is 3.08. The summed E-state index contributed by atoms with van der Waals surface area (Å²) in [6.45, 7) is 4.26. The number of benzene rings is 1. The molecule has 0 amide bonds. The van der Waals surface area contributed by atoms with Crippen molar-refractivity contribution in [2.24, 2.45) is 11.7 Å². The second-order valence-corrected chi connectivity index (χ2v) is 5.99. The third-order valence-electron chi connectivity index (χ3n) is 4.34. The monoisotopic (exact) mass is 289 g/mol. The van der Waals surface area contributed by atoms with E-state index < -0.39 is 0 Å². The molecule has 0 spiro atoms. The Kier molecular flexibility index (Phi) is 3.81. The van der Waals surface area contributed by atoms with Crippen LogP contribution in [0, 0.1) is 5.92 Å². The van der Waals surface area contributed by atoms with Crippen LogP contribution in [0.5, 0.6) is 0 Å². The second-order valence-electron chi connectivity index (χ2n) is 5.56. The number of piperidine rings is 1. The molecule has 2 aromatic rings. The summed E-state index contributed by atoms with van der Waals surface area (Å²) in [6, 6.07) is 8.35. The molecule has 1 aliphatic rings. The van der Waals surface area contributed by atoms with E-state index in [0.717, 1.165) is 36.5 Å². The molecule has 2 N–H and O–H groups in total. The predicted octanol–water partition coefficient (Wildman–Crippen LogP) is 3.45. The number of hydrogen-bond donors (Lipinski definition) is 1. The lowest BCUT2D eigenvalue weighted by Crippen LogP contribution is -2.47. The van der Waals surface area contributed by atoms with Crippen molar-refractivity contribution in [3.8, 4) is 0 Å². The van der Waals surface area contributed by atoms with Crippen molar-refractivity contribution in [1.29, 1.82) is 0 Å². The molecule has 0 saturated carbocycles. The normalized spacial score (nSPS) is 23.2. The predicted molar refractivity (Wildman–Crippen MR) is 85.3 cm³/mol. The van der Waals surface area contributed by atoms with Crippen LogP contribution in [0.3, 0.4) is 0 Å². The molecule has 2 heterocycles. The van der Waals surface area contributed by atoms with E-state index in [9.17, 15) is 0 Å². The fraction of sp³-hybridized carbons (Fsp3) is 0.438. The summed E-state index contributed by atoms with van der Waals surface area (Å²) in [6.07, 6.45) is 4.05. The van der Waals surface area contributed by atoms with Crippen molar-refractivity contribution in [1.82, 2.24) is 4.98 Å². The molecular formula is C16H20ClN3. The van der Waals surface area contributed by atoms with Gasteiger partial charge in [-0.05, 0) is 36.6 Å². The highest BCUT2D eigenvalue weighted by Crippen LogP contribution is 2.31. The zero-order valence-corrected chi connectivity index (χ0v) is 12.5. The summed E-state index contributed by atoms with van der Waals surface area (Å²) in [4.78, 5) is 6.86. The first-order chi connectivity index (χ1) is 9.69. The third-order valence-corrected chi connectivity index (χ3v) is 4.57. The van der Waals surface area contributed by atoms with Gasteiger partial charge in [0, 0.05) is 41.4 Å². The van der Waals surface area contributed by atoms with E-state index in [1.807, 2.05) is 18.3 Å². The number of aromatic nitrogens is 1. The van der Waals surface area contributed by atoms with Crippen LogP contribution in [0.25, 0.3) is 10.9 Å². The van der Waals surface area contributed by atoms with Gasteiger partial charge in [0.05, 0.1) is 5.52 Å². The number of fused-ring (bicyclic) bond motifs is 1. The largest absolute Gasteiger partial charge is 0.371 e. The van der Waals surface area contributed by atoms with Gasteiger partial charge >= 0.3 is 0 Å². The number of rotatable bonds is 2. The van der Waals surface area contributed by atoms with E-state index in [2.05, 4.69) is 28.9 Å². The fourth-order valence-corrected chi connectivity index (χ4v) is 3.25. The van der Waals surface area contributed by atoms with Crippen LogP contribution in [0.1, 0.15) is 19.8 Å². The van der Waals surface area contributed by atoms with Gasteiger partial charge in [-0.15, -0.1) is 0 Å². The summed E-state index contributed by atoms with van der Waals surface area (Å²) < 4.78 is 0. The zero-order valence-electron chi connectivity index (χ0n) is 11.7. The van der Waals surface area contributed by atoms with E-state index >= 15 is 0 Å². The Morgan fingerprint density at radius 2 is 2.25 bits per heavy atom. The number of pyridine rings is 1. The summed E-state index contributed by atoms with van der Waals surface area (Å²) in [7, 11) is 0. The lowest BCUT2D eigenvalue weighted by atomic mass is 9.90. The van der Waals surface area contributed by atoms with E-state index in [1.165, 1.54) is 11.1 Å². The number of nitrogens with two attached hydrogens (primary N) is 1. The molecule has 0 bridgehead atoms. The van der Waals surface area contributed by atoms with E-state index in [0.29, 0.717) is 12.0 Å². The van der Waals surface area contributed by atoms with E-state index in [-0.39, 0.29) is 0 Å². The van der Waals surface area contributed by atoms with Crippen molar-refractivity contribution in [2.45, 2.75) is 25.8 Å². The summed E-state index contributed by atoms with van der Waals surface area (Å²) in [5.41, 5.74) is 8.41. The first-order valence-corrected chi connectivity index (χ1v) is 7.61. The third kappa shape index (κ3) is 2.48. The Labute approximate surface area is 124 Å². The van der Waals surface area contributed by atoms with Crippen LogP contribution >= 0.6 is 11.6 Å². The molecule has 106 valence electrons. The van der Waals surface area contributed by atoms with E-state index in [4.69, 9.17) is 17.3 Å². The van der Waals surface area contributed by atoms with Gasteiger partial charge < -0.3 is 10.6 Å². The highest BCUT2D eigenvalue weighted by molar-refractivity contribution is 6.31. The lowest BCUT2D eigenvalue weighted by Gasteiger charge is -2.38. The van der Waals surface area contributed by atoms with Crippen LogP contribution in [0.2, 0.25) is 5.02 Å². The van der Waals surface area contributed by atoms with Gasteiger partial charge in [0.15, 0.2) is 0 Å². The minimum absolute atomic E-state index is 0.332. The number of nitrogens with zero attached hydrogens (tertiary/aromatic N) is 2. The molecule has 3 rings (SSSR count). The highest BCUT2D eigenvalue weighted by Gasteiger charge is 2.26. The molecule has 0 aliphatic carbocycles. The molecule has 3 nitrogen and oxygen atoms in total. The molecule has 1 aromatic heterocycles. The average molecular weight is 290 g/mol. The SMILES string of the molecule is CCC1CN(c2ccnc3cc(Cl)ccc23)CCC1N. The second kappa shape index (κ2) is 5.58. The maximum atomic E-state index is 6.21. The lowest BCUT2D eigenvalue weighted by molar-refractivity contribution is 0.348. The van der Waals surface area contributed by atoms with Crippen molar-refractivity contribution < 1.29 is 0 Å². The van der Waals surface area contributed by atoms with Gasteiger partial charge in [0.1, 0.15) is 0 Å². The molecule has 0 radical (unpaired) electrons. The van der Waals surface area contributed by atoms with Crippen molar-refractivity contribution >= 4 is 28.2 Å².